The summed E-state index contributed by atoms with van der Waals surface area (Å²) in [7, 11) is 0. The number of aromatic nitrogens is 2. The van der Waals surface area contributed by atoms with E-state index < -0.39 is 0 Å². The van der Waals surface area contributed by atoms with Crippen LogP contribution in [0.2, 0.25) is 5.02 Å². The Morgan fingerprint density at radius 3 is 2.53 bits per heavy atom. The second-order valence-corrected chi connectivity index (χ2v) is 5.02. The predicted octanol–water partition coefficient (Wildman–Crippen LogP) is 4.65. The minimum absolute atomic E-state index is 0.728. The molecule has 0 fully saturated rings. The molecule has 0 aliphatic carbocycles. The topological polar surface area (TPSA) is 28.7 Å². The first-order valence-electron chi connectivity index (χ1n) is 5.14. The summed E-state index contributed by atoms with van der Waals surface area (Å²) in [5, 5.41) is 0.728. The molecule has 2 aromatic carbocycles. The van der Waals surface area contributed by atoms with Gasteiger partial charge >= 0.3 is 0 Å². The molecule has 0 amide bonds. The highest BCUT2D eigenvalue weighted by Gasteiger charge is 2.07. The fourth-order valence-corrected chi connectivity index (χ4v) is 2.32. The van der Waals surface area contributed by atoms with Crippen molar-refractivity contribution < 1.29 is 0 Å². The highest BCUT2D eigenvalue weighted by Crippen LogP contribution is 2.26. The van der Waals surface area contributed by atoms with Crippen molar-refractivity contribution in [3.05, 3.63) is 52.0 Å². The summed E-state index contributed by atoms with van der Waals surface area (Å²) in [6.07, 6.45) is 0. The standard InChI is InChI=1S/C13H8BrClN2/c14-10-2-1-3-11-12(10)17-13(16-11)8-4-6-9(15)7-5-8/h1-7H,(H,16,17). The second kappa shape index (κ2) is 4.17. The van der Waals surface area contributed by atoms with Gasteiger partial charge in [-0.2, -0.15) is 0 Å². The summed E-state index contributed by atoms with van der Waals surface area (Å²) in [5.41, 5.74) is 2.99. The van der Waals surface area contributed by atoms with Crippen molar-refractivity contribution in [1.82, 2.24) is 9.97 Å². The molecule has 4 heteroatoms. The van der Waals surface area contributed by atoms with E-state index in [0.717, 1.165) is 31.9 Å². The molecule has 0 atom stereocenters. The first kappa shape index (κ1) is 10.8. The zero-order valence-electron chi connectivity index (χ0n) is 8.74. The Morgan fingerprint density at radius 1 is 1.06 bits per heavy atom. The quantitative estimate of drug-likeness (QED) is 0.697. The van der Waals surface area contributed by atoms with Crippen LogP contribution < -0.4 is 0 Å². The Balaban J connectivity index is 2.18. The Labute approximate surface area is 112 Å². The van der Waals surface area contributed by atoms with Crippen molar-refractivity contribution in [3.63, 3.8) is 0 Å². The molecule has 3 rings (SSSR count). The smallest absolute Gasteiger partial charge is 0.138 e. The summed E-state index contributed by atoms with van der Waals surface area (Å²) in [6.45, 7) is 0. The molecule has 0 bridgehead atoms. The van der Waals surface area contributed by atoms with Gasteiger partial charge in [0.15, 0.2) is 0 Å². The Hall–Kier alpha value is -1.32. The third-order valence-corrected chi connectivity index (χ3v) is 3.47. The van der Waals surface area contributed by atoms with E-state index in [1.807, 2.05) is 42.5 Å². The maximum Gasteiger partial charge on any atom is 0.138 e. The number of imidazole rings is 1. The molecular weight excluding hydrogens is 300 g/mol. The number of aromatic amines is 1. The lowest BCUT2D eigenvalue weighted by molar-refractivity contribution is 1.33. The van der Waals surface area contributed by atoms with Crippen molar-refractivity contribution in [2.45, 2.75) is 0 Å². The lowest BCUT2D eigenvalue weighted by Gasteiger charge is -1.95. The number of fused-ring (bicyclic) bond motifs is 1. The first-order valence-corrected chi connectivity index (χ1v) is 6.31. The number of hydrogen-bond donors (Lipinski definition) is 1. The van der Waals surface area contributed by atoms with Crippen molar-refractivity contribution in [2.24, 2.45) is 0 Å². The molecule has 0 spiro atoms. The van der Waals surface area contributed by atoms with E-state index in [1.54, 1.807) is 0 Å². The number of nitrogens with one attached hydrogen (secondary N) is 1. The number of nitrogens with zero attached hydrogens (tertiary/aromatic N) is 1. The van der Waals surface area contributed by atoms with E-state index in [9.17, 15) is 0 Å². The van der Waals surface area contributed by atoms with Gasteiger partial charge < -0.3 is 4.98 Å². The molecular formula is C13H8BrClN2. The molecule has 0 radical (unpaired) electrons. The second-order valence-electron chi connectivity index (χ2n) is 3.73. The van der Waals surface area contributed by atoms with Gasteiger partial charge in [0.05, 0.1) is 5.52 Å². The molecule has 0 saturated heterocycles. The molecule has 0 unspecified atom stereocenters. The van der Waals surface area contributed by atoms with Gasteiger partial charge in [0.2, 0.25) is 0 Å². The molecule has 0 aliphatic rings. The van der Waals surface area contributed by atoms with Crippen LogP contribution in [0.4, 0.5) is 0 Å². The zero-order valence-corrected chi connectivity index (χ0v) is 11.1. The Morgan fingerprint density at radius 2 is 1.82 bits per heavy atom. The summed E-state index contributed by atoms with van der Waals surface area (Å²) in [5.74, 6) is 0.851. The zero-order chi connectivity index (χ0) is 11.8. The summed E-state index contributed by atoms with van der Waals surface area (Å²) in [4.78, 5) is 7.85. The fourth-order valence-electron chi connectivity index (χ4n) is 1.74. The van der Waals surface area contributed by atoms with Crippen molar-refractivity contribution >= 4 is 38.6 Å². The summed E-state index contributed by atoms with van der Waals surface area (Å²) in [6, 6.07) is 13.6. The SMILES string of the molecule is Clc1ccc(-c2nc3c(Br)cccc3[nH]2)cc1. The number of halogens is 2. The van der Waals surface area contributed by atoms with Crippen LogP contribution in [0.15, 0.2) is 46.9 Å². The number of H-pyrrole nitrogens is 1. The third-order valence-electron chi connectivity index (χ3n) is 2.58. The van der Waals surface area contributed by atoms with Gasteiger partial charge in [-0.05, 0) is 52.3 Å². The van der Waals surface area contributed by atoms with Crippen LogP contribution in [0.5, 0.6) is 0 Å². The average molecular weight is 308 g/mol. The molecule has 84 valence electrons. The number of hydrogen-bond acceptors (Lipinski definition) is 1. The molecule has 0 aliphatic heterocycles. The predicted molar refractivity (Wildman–Crippen MR) is 74.2 cm³/mol. The van der Waals surface area contributed by atoms with Crippen LogP contribution in [0.1, 0.15) is 0 Å². The van der Waals surface area contributed by atoms with Crippen LogP contribution >= 0.6 is 27.5 Å². The average Bonchev–Trinajstić information content (AvgIpc) is 2.75. The van der Waals surface area contributed by atoms with Gasteiger partial charge in [-0.15, -0.1) is 0 Å². The molecule has 1 heterocycles. The van der Waals surface area contributed by atoms with Gasteiger partial charge in [0, 0.05) is 15.1 Å². The Bertz CT molecular complexity index is 673. The first-order chi connectivity index (χ1) is 8.24. The van der Waals surface area contributed by atoms with E-state index in [2.05, 4.69) is 25.9 Å². The van der Waals surface area contributed by atoms with E-state index in [1.165, 1.54) is 0 Å². The van der Waals surface area contributed by atoms with E-state index in [-0.39, 0.29) is 0 Å². The van der Waals surface area contributed by atoms with E-state index >= 15 is 0 Å². The van der Waals surface area contributed by atoms with Gasteiger partial charge in [0.25, 0.3) is 0 Å². The number of benzene rings is 2. The molecule has 0 saturated carbocycles. The van der Waals surface area contributed by atoms with Crippen LogP contribution in [0.25, 0.3) is 22.4 Å². The maximum absolute atomic E-state index is 5.86. The number of para-hydroxylation sites is 1. The van der Waals surface area contributed by atoms with Gasteiger partial charge in [-0.1, -0.05) is 17.7 Å². The maximum atomic E-state index is 5.86. The lowest BCUT2D eigenvalue weighted by atomic mass is 10.2. The highest BCUT2D eigenvalue weighted by molar-refractivity contribution is 9.10. The van der Waals surface area contributed by atoms with Crippen LogP contribution in [0, 0.1) is 0 Å². The van der Waals surface area contributed by atoms with Crippen molar-refractivity contribution in [3.8, 4) is 11.4 Å². The molecule has 1 aromatic heterocycles. The summed E-state index contributed by atoms with van der Waals surface area (Å²) >= 11 is 9.36. The largest absolute Gasteiger partial charge is 0.338 e. The fraction of sp³-hybridized carbons (Fsp3) is 0. The highest BCUT2D eigenvalue weighted by atomic mass is 79.9. The van der Waals surface area contributed by atoms with Crippen LogP contribution in [0.3, 0.4) is 0 Å². The Kier molecular flexibility index (Phi) is 2.65. The minimum Gasteiger partial charge on any atom is -0.338 e. The van der Waals surface area contributed by atoms with Gasteiger partial charge in [-0.3, -0.25) is 0 Å². The van der Waals surface area contributed by atoms with Gasteiger partial charge in [0.1, 0.15) is 11.3 Å². The third kappa shape index (κ3) is 1.96. The van der Waals surface area contributed by atoms with Crippen LogP contribution in [-0.2, 0) is 0 Å². The summed E-state index contributed by atoms with van der Waals surface area (Å²) < 4.78 is 0.992. The van der Waals surface area contributed by atoms with Crippen LogP contribution in [-0.4, -0.2) is 9.97 Å². The van der Waals surface area contributed by atoms with E-state index in [4.69, 9.17) is 11.6 Å². The van der Waals surface area contributed by atoms with Gasteiger partial charge in [-0.25, -0.2) is 4.98 Å². The molecule has 17 heavy (non-hydrogen) atoms. The van der Waals surface area contributed by atoms with Crippen molar-refractivity contribution in [1.29, 1.82) is 0 Å². The number of rotatable bonds is 1. The minimum atomic E-state index is 0.728. The molecule has 3 aromatic rings. The van der Waals surface area contributed by atoms with Crippen molar-refractivity contribution in [2.75, 3.05) is 0 Å². The molecule has 2 nitrogen and oxygen atoms in total. The normalized spacial score (nSPS) is 10.9. The molecule has 1 N–H and O–H groups in total. The monoisotopic (exact) mass is 306 g/mol. The lowest BCUT2D eigenvalue weighted by Crippen LogP contribution is -1.78. The van der Waals surface area contributed by atoms with E-state index in [0.29, 0.717) is 0 Å².